The van der Waals surface area contributed by atoms with Crippen molar-refractivity contribution in [2.75, 3.05) is 19.7 Å². The Kier molecular flexibility index (Phi) is 7.47. The third-order valence-corrected chi connectivity index (χ3v) is 2.40. The highest BCUT2D eigenvalue weighted by Crippen LogP contribution is 2.01. The Morgan fingerprint density at radius 1 is 1.50 bits per heavy atom. The molecule has 0 fully saturated rings. The number of nitrogens with one attached hydrogen (secondary N) is 1. The lowest BCUT2D eigenvalue weighted by Gasteiger charge is -2.24. The number of hydrogen-bond acceptors (Lipinski definition) is 4. The molecule has 0 rings (SSSR count). The van der Waals surface area contributed by atoms with Crippen molar-refractivity contribution in [3.63, 3.8) is 0 Å². The first kappa shape index (κ1) is 16.2. The number of urea groups is 1. The third kappa shape index (κ3) is 5.50. The van der Waals surface area contributed by atoms with Crippen LogP contribution in [0, 0.1) is 17.2 Å². The second kappa shape index (κ2) is 8.31. The molecule has 0 saturated carbocycles. The number of nitrogens with zero attached hydrogens (tertiary/aromatic N) is 2. The molecule has 2 amide bonds. The van der Waals surface area contributed by atoms with Crippen molar-refractivity contribution in [2.45, 2.75) is 26.3 Å². The SMILES string of the molecule is CCN(CC(C)C#N)C(=O)N[C@@H](CCO)C(=O)O. The van der Waals surface area contributed by atoms with Gasteiger partial charge in [-0.3, -0.25) is 0 Å². The second-order valence-corrected chi connectivity index (χ2v) is 3.92. The molecule has 0 aromatic heterocycles. The summed E-state index contributed by atoms with van der Waals surface area (Å²) in [4.78, 5) is 24.0. The minimum atomic E-state index is -1.19. The van der Waals surface area contributed by atoms with Gasteiger partial charge in [-0.05, 0) is 13.8 Å². The average Bonchev–Trinajstić information content (AvgIpc) is 2.34. The van der Waals surface area contributed by atoms with Gasteiger partial charge in [0.2, 0.25) is 0 Å². The molecule has 0 heterocycles. The van der Waals surface area contributed by atoms with Crippen LogP contribution in [0.1, 0.15) is 20.3 Å². The van der Waals surface area contributed by atoms with Gasteiger partial charge >= 0.3 is 12.0 Å². The lowest BCUT2D eigenvalue weighted by molar-refractivity contribution is -0.139. The van der Waals surface area contributed by atoms with E-state index in [4.69, 9.17) is 15.5 Å². The van der Waals surface area contributed by atoms with Gasteiger partial charge in [-0.1, -0.05) is 0 Å². The van der Waals surface area contributed by atoms with Crippen molar-refractivity contribution >= 4 is 12.0 Å². The van der Waals surface area contributed by atoms with Gasteiger partial charge in [0.15, 0.2) is 0 Å². The van der Waals surface area contributed by atoms with Gasteiger partial charge in [-0.25, -0.2) is 9.59 Å². The van der Waals surface area contributed by atoms with Crippen LogP contribution in [-0.2, 0) is 4.79 Å². The predicted molar refractivity (Wildman–Crippen MR) is 63.7 cm³/mol. The maximum Gasteiger partial charge on any atom is 0.326 e. The lowest BCUT2D eigenvalue weighted by atomic mass is 10.2. The van der Waals surface area contributed by atoms with Gasteiger partial charge in [0, 0.05) is 26.1 Å². The van der Waals surface area contributed by atoms with Crippen LogP contribution >= 0.6 is 0 Å². The van der Waals surface area contributed by atoms with Gasteiger partial charge < -0.3 is 20.4 Å². The van der Waals surface area contributed by atoms with Crippen molar-refractivity contribution in [1.82, 2.24) is 10.2 Å². The lowest BCUT2D eigenvalue weighted by Crippen LogP contribution is -2.49. The number of amides is 2. The van der Waals surface area contributed by atoms with Crippen LogP contribution in [-0.4, -0.2) is 52.9 Å². The monoisotopic (exact) mass is 257 g/mol. The van der Waals surface area contributed by atoms with Crippen molar-refractivity contribution in [2.24, 2.45) is 5.92 Å². The van der Waals surface area contributed by atoms with Crippen LogP contribution in [0.5, 0.6) is 0 Å². The Morgan fingerprint density at radius 2 is 2.11 bits per heavy atom. The molecular formula is C11H19N3O4. The maximum absolute atomic E-state index is 11.8. The highest BCUT2D eigenvalue weighted by atomic mass is 16.4. The normalized spacial score (nSPS) is 13.2. The molecule has 0 aromatic rings. The van der Waals surface area contributed by atoms with Gasteiger partial charge in [-0.15, -0.1) is 0 Å². The maximum atomic E-state index is 11.8. The summed E-state index contributed by atoms with van der Waals surface area (Å²) in [7, 11) is 0. The fourth-order valence-electron chi connectivity index (χ4n) is 1.35. The number of aliphatic hydroxyl groups excluding tert-OH is 1. The quantitative estimate of drug-likeness (QED) is 0.594. The van der Waals surface area contributed by atoms with Crippen LogP contribution in [0.3, 0.4) is 0 Å². The molecule has 0 aliphatic carbocycles. The smallest absolute Gasteiger partial charge is 0.326 e. The van der Waals surface area contributed by atoms with Gasteiger partial charge in [0.1, 0.15) is 6.04 Å². The van der Waals surface area contributed by atoms with E-state index in [1.54, 1.807) is 13.8 Å². The second-order valence-electron chi connectivity index (χ2n) is 3.92. The average molecular weight is 257 g/mol. The van der Waals surface area contributed by atoms with E-state index in [0.29, 0.717) is 6.54 Å². The first-order valence-electron chi connectivity index (χ1n) is 5.74. The number of carbonyl (C=O) groups excluding carboxylic acids is 1. The predicted octanol–water partition coefficient (Wildman–Crippen LogP) is 0.0132. The van der Waals surface area contributed by atoms with Crippen LogP contribution in [0.2, 0.25) is 0 Å². The molecule has 1 unspecified atom stereocenters. The summed E-state index contributed by atoms with van der Waals surface area (Å²) in [6.07, 6.45) is -0.0492. The number of aliphatic carboxylic acids is 1. The minimum absolute atomic E-state index is 0.0492. The van der Waals surface area contributed by atoms with Crippen LogP contribution in [0.25, 0.3) is 0 Å². The highest BCUT2D eigenvalue weighted by Gasteiger charge is 2.22. The molecule has 3 N–H and O–H groups in total. The van der Waals surface area contributed by atoms with E-state index in [0.717, 1.165) is 0 Å². The zero-order valence-electron chi connectivity index (χ0n) is 10.6. The summed E-state index contributed by atoms with van der Waals surface area (Å²) in [6.45, 7) is 3.72. The van der Waals surface area contributed by atoms with Crippen LogP contribution < -0.4 is 5.32 Å². The standard InChI is InChI=1S/C11H19N3O4/c1-3-14(7-8(2)6-12)11(18)13-9(4-5-15)10(16)17/h8-9,15H,3-5,7H2,1-2H3,(H,13,18)(H,16,17)/t8?,9-/m0/s1. The molecule has 18 heavy (non-hydrogen) atoms. The summed E-state index contributed by atoms with van der Waals surface area (Å²) in [6, 6.07) is 0.350. The molecule has 0 spiro atoms. The third-order valence-electron chi connectivity index (χ3n) is 2.40. The molecule has 0 radical (unpaired) electrons. The molecule has 0 aromatic carbocycles. The summed E-state index contributed by atoms with van der Waals surface area (Å²) < 4.78 is 0. The van der Waals surface area contributed by atoms with Crippen molar-refractivity contribution in [3.05, 3.63) is 0 Å². The number of aliphatic hydroxyl groups is 1. The van der Waals surface area contributed by atoms with E-state index in [-0.39, 0.29) is 25.5 Å². The molecule has 102 valence electrons. The number of carboxylic acids is 1. The summed E-state index contributed by atoms with van der Waals surface area (Å²) >= 11 is 0. The number of carbonyl (C=O) groups is 2. The largest absolute Gasteiger partial charge is 0.480 e. The van der Waals surface area contributed by atoms with E-state index in [2.05, 4.69) is 5.32 Å². The molecule has 0 aliphatic heterocycles. The van der Waals surface area contributed by atoms with E-state index in [1.165, 1.54) is 4.90 Å². The van der Waals surface area contributed by atoms with E-state index >= 15 is 0 Å². The van der Waals surface area contributed by atoms with Crippen molar-refractivity contribution < 1.29 is 19.8 Å². The minimum Gasteiger partial charge on any atom is -0.480 e. The zero-order valence-corrected chi connectivity index (χ0v) is 10.6. The Bertz CT molecular complexity index is 327. The fraction of sp³-hybridized carbons (Fsp3) is 0.727. The fourth-order valence-corrected chi connectivity index (χ4v) is 1.35. The van der Waals surface area contributed by atoms with Crippen molar-refractivity contribution in [1.29, 1.82) is 5.26 Å². The van der Waals surface area contributed by atoms with E-state index in [1.807, 2.05) is 6.07 Å². The van der Waals surface area contributed by atoms with Gasteiger partial charge in [0.25, 0.3) is 0 Å². The molecule has 0 bridgehead atoms. The van der Waals surface area contributed by atoms with Gasteiger partial charge in [0.05, 0.1) is 12.0 Å². The number of rotatable bonds is 7. The molecule has 0 saturated heterocycles. The Balaban J connectivity index is 4.50. The van der Waals surface area contributed by atoms with Crippen molar-refractivity contribution in [3.8, 4) is 6.07 Å². The summed E-state index contributed by atoms with van der Waals surface area (Å²) in [5.41, 5.74) is 0. The van der Waals surface area contributed by atoms with E-state index in [9.17, 15) is 9.59 Å². The molecule has 7 heteroatoms. The van der Waals surface area contributed by atoms with Crippen LogP contribution in [0.4, 0.5) is 4.79 Å². The highest BCUT2D eigenvalue weighted by molar-refractivity contribution is 5.82. The molecule has 7 nitrogen and oxygen atoms in total. The number of hydrogen-bond donors (Lipinski definition) is 3. The van der Waals surface area contributed by atoms with Gasteiger partial charge in [-0.2, -0.15) is 5.26 Å². The Labute approximate surface area is 106 Å². The molecule has 2 atom stereocenters. The summed E-state index contributed by atoms with van der Waals surface area (Å²) in [5.74, 6) is -1.52. The first-order valence-corrected chi connectivity index (χ1v) is 5.74. The molecule has 0 aliphatic rings. The van der Waals surface area contributed by atoms with Crippen LogP contribution in [0.15, 0.2) is 0 Å². The number of carboxylic acid groups (broad SMARTS) is 1. The van der Waals surface area contributed by atoms with E-state index < -0.39 is 18.0 Å². The zero-order chi connectivity index (χ0) is 14.1. The number of nitriles is 1. The molecular weight excluding hydrogens is 238 g/mol. The Morgan fingerprint density at radius 3 is 2.50 bits per heavy atom. The first-order chi connectivity index (χ1) is 8.46. The Hall–Kier alpha value is -1.81. The summed E-state index contributed by atoms with van der Waals surface area (Å²) in [5, 5.41) is 28.5. The topological polar surface area (TPSA) is 114 Å².